The standard InChI is InChI=1S/C26H28FN3O5S/c1-2-35-24-11-13-25(14-12-24)36(32,33)30(23-7-3-20(27)4-8-23)19-26(31)28-21-5-9-22(10-6-21)29-15-17-34-18-16-29/h3-14H,2,15-19H2,1H3,(H,28,31). The minimum absolute atomic E-state index is 0.0158. The van der Waals surface area contributed by atoms with E-state index in [1.54, 1.807) is 24.3 Å². The summed E-state index contributed by atoms with van der Waals surface area (Å²) in [4.78, 5) is 15.1. The third-order valence-electron chi connectivity index (χ3n) is 5.65. The molecule has 0 bridgehead atoms. The average Bonchev–Trinajstić information content (AvgIpc) is 2.89. The molecule has 0 spiro atoms. The van der Waals surface area contributed by atoms with Crippen molar-refractivity contribution < 1.29 is 27.1 Å². The van der Waals surface area contributed by atoms with Crippen molar-refractivity contribution >= 4 is 33.0 Å². The second kappa shape index (κ2) is 11.4. The summed E-state index contributed by atoms with van der Waals surface area (Å²) in [6.45, 7) is 4.70. The number of amides is 1. The van der Waals surface area contributed by atoms with Gasteiger partial charge in [-0.3, -0.25) is 9.10 Å². The van der Waals surface area contributed by atoms with Crippen LogP contribution in [0.15, 0.2) is 77.7 Å². The Morgan fingerprint density at radius 1 is 1.00 bits per heavy atom. The van der Waals surface area contributed by atoms with Crippen LogP contribution in [0.25, 0.3) is 0 Å². The molecular formula is C26H28FN3O5S. The quantitative estimate of drug-likeness (QED) is 0.467. The highest BCUT2D eigenvalue weighted by Gasteiger charge is 2.27. The highest BCUT2D eigenvalue weighted by molar-refractivity contribution is 7.92. The van der Waals surface area contributed by atoms with Crippen molar-refractivity contribution in [3.8, 4) is 5.75 Å². The first-order chi connectivity index (χ1) is 17.4. The molecule has 1 saturated heterocycles. The maximum atomic E-state index is 13.5. The van der Waals surface area contributed by atoms with Crippen molar-refractivity contribution in [1.82, 2.24) is 0 Å². The van der Waals surface area contributed by atoms with Gasteiger partial charge in [0.05, 0.1) is 30.4 Å². The number of hydrogen-bond donors (Lipinski definition) is 1. The second-order valence-electron chi connectivity index (χ2n) is 8.09. The summed E-state index contributed by atoms with van der Waals surface area (Å²) in [6.07, 6.45) is 0. The van der Waals surface area contributed by atoms with E-state index < -0.39 is 28.3 Å². The lowest BCUT2D eigenvalue weighted by Gasteiger charge is -2.29. The summed E-state index contributed by atoms with van der Waals surface area (Å²) in [5, 5.41) is 2.75. The van der Waals surface area contributed by atoms with E-state index in [0.29, 0.717) is 31.3 Å². The number of anilines is 3. The van der Waals surface area contributed by atoms with Crippen LogP contribution in [-0.2, 0) is 19.6 Å². The van der Waals surface area contributed by atoms with Gasteiger partial charge in [-0.15, -0.1) is 0 Å². The fraction of sp³-hybridized carbons (Fsp3) is 0.269. The van der Waals surface area contributed by atoms with Crippen molar-refractivity contribution in [2.75, 3.05) is 54.0 Å². The zero-order valence-electron chi connectivity index (χ0n) is 19.9. The molecule has 1 N–H and O–H groups in total. The molecule has 0 aliphatic carbocycles. The van der Waals surface area contributed by atoms with E-state index >= 15 is 0 Å². The van der Waals surface area contributed by atoms with Gasteiger partial charge >= 0.3 is 0 Å². The molecule has 10 heteroatoms. The molecule has 8 nitrogen and oxygen atoms in total. The lowest BCUT2D eigenvalue weighted by molar-refractivity contribution is -0.114. The van der Waals surface area contributed by atoms with Gasteiger partial charge in [0.1, 0.15) is 18.1 Å². The monoisotopic (exact) mass is 513 g/mol. The van der Waals surface area contributed by atoms with E-state index in [-0.39, 0.29) is 10.6 Å². The number of carbonyl (C=O) groups is 1. The van der Waals surface area contributed by atoms with E-state index in [0.717, 1.165) is 35.2 Å². The molecule has 36 heavy (non-hydrogen) atoms. The average molecular weight is 514 g/mol. The molecule has 0 aromatic heterocycles. The third kappa shape index (κ3) is 6.13. The number of halogens is 1. The Bertz CT molecular complexity index is 1260. The molecule has 1 aliphatic heterocycles. The molecule has 190 valence electrons. The molecule has 0 saturated carbocycles. The maximum Gasteiger partial charge on any atom is 0.264 e. The molecule has 1 heterocycles. The number of carbonyl (C=O) groups excluding carboxylic acids is 1. The molecule has 0 atom stereocenters. The van der Waals surface area contributed by atoms with Gasteiger partial charge in [0.15, 0.2) is 0 Å². The highest BCUT2D eigenvalue weighted by atomic mass is 32.2. The van der Waals surface area contributed by atoms with Crippen LogP contribution in [0.2, 0.25) is 0 Å². The minimum Gasteiger partial charge on any atom is -0.494 e. The molecule has 3 aromatic carbocycles. The van der Waals surface area contributed by atoms with Gasteiger partial charge in [-0.1, -0.05) is 0 Å². The molecule has 0 unspecified atom stereocenters. The maximum absolute atomic E-state index is 13.5. The van der Waals surface area contributed by atoms with E-state index in [4.69, 9.17) is 9.47 Å². The van der Waals surface area contributed by atoms with Crippen LogP contribution in [0.1, 0.15) is 6.92 Å². The number of rotatable bonds is 9. The van der Waals surface area contributed by atoms with Gasteiger partial charge < -0.3 is 19.7 Å². The number of morpholine rings is 1. The van der Waals surface area contributed by atoms with Crippen molar-refractivity contribution in [3.63, 3.8) is 0 Å². The van der Waals surface area contributed by atoms with Crippen LogP contribution in [0.3, 0.4) is 0 Å². The Morgan fingerprint density at radius 3 is 2.25 bits per heavy atom. The molecular weight excluding hydrogens is 485 g/mol. The number of sulfonamides is 1. The van der Waals surface area contributed by atoms with Crippen LogP contribution in [-0.4, -0.2) is 53.8 Å². The van der Waals surface area contributed by atoms with Crippen LogP contribution in [0.5, 0.6) is 5.75 Å². The molecule has 1 fully saturated rings. The summed E-state index contributed by atoms with van der Waals surface area (Å²) in [5.41, 5.74) is 1.72. The molecule has 1 amide bonds. The van der Waals surface area contributed by atoms with Gasteiger partial charge in [-0.2, -0.15) is 0 Å². The van der Waals surface area contributed by atoms with Gasteiger partial charge in [-0.05, 0) is 79.7 Å². The number of ether oxygens (including phenoxy) is 2. The van der Waals surface area contributed by atoms with Crippen molar-refractivity contribution in [3.05, 3.63) is 78.6 Å². The molecule has 1 aliphatic rings. The molecule has 3 aromatic rings. The lowest BCUT2D eigenvalue weighted by Crippen LogP contribution is -2.38. The van der Waals surface area contributed by atoms with E-state index in [9.17, 15) is 17.6 Å². The number of nitrogens with one attached hydrogen (secondary N) is 1. The lowest BCUT2D eigenvalue weighted by atomic mass is 10.2. The molecule has 4 rings (SSSR count). The zero-order chi connectivity index (χ0) is 25.5. The second-order valence-corrected chi connectivity index (χ2v) is 9.95. The minimum atomic E-state index is -4.13. The fourth-order valence-corrected chi connectivity index (χ4v) is 5.25. The first-order valence-electron chi connectivity index (χ1n) is 11.6. The van der Waals surface area contributed by atoms with E-state index in [1.807, 2.05) is 19.1 Å². The fourth-order valence-electron chi connectivity index (χ4n) is 3.83. The molecule has 0 radical (unpaired) electrons. The Balaban J connectivity index is 1.53. The summed E-state index contributed by atoms with van der Waals surface area (Å²) in [7, 11) is -4.13. The summed E-state index contributed by atoms with van der Waals surface area (Å²) >= 11 is 0. The normalized spacial score (nSPS) is 13.8. The van der Waals surface area contributed by atoms with Gasteiger partial charge in [-0.25, -0.2) is 12.8 Å². The topological polar surface area (TPSA) is 88.2 Å². The largest absolute Gasteiger partial charge is 0.494 e. The van der Waals surface area contributed by atoms with Gasteiger partial charge in [0.25, 0.3) is 10.0 Å². The summed E-state index contributed by atoms with van der Waals surface area (Å²) < 4.78 is 52.2. The van der Waals surface area contributed by atoms with Crippen molar-refractivity contribution in [2.24, 2.45) is 0 Å². The summed E-state index contributed by atoms with van der Waals surface area (Å²) in [6, 6.07) is 18.2. The van der Waals surface area contributed by atoms with Crippen molar-refractivity contribution in [1.29, 1.82) is 0 Å². The highest BCUT2D eigenvalue weighted by Crippen LogP contribution is 2.26. The number of benzene rings is 3. The van der Waals surface area contributed by atoms with Crippen LogP contribution < -0.4 is 19.3 Å². The Hall–Kier alpha value is -3.63. The Kier molecular flexibility index (Phi) is 8.07. The first-order valence-corrected chi connectivity index (χ1v) is 13.0. The predicted molar refractivity (Wildman–Crippen MR) is 137 cm³/mol. The van der Waals surface area contributed by atoms with E-state index in [2.05, 4.69) is 10.2 Å². The van der Waals surface area contributed by atoms with Crippen molar-refractivity contribution in [2.45, 2.75) is 11.8 Å². The third-order valence-corrected chi connectivity index (χ3v) is 7.44. The SMILES string of the molecule is CCOc1ccc(S(=O)(=O)N(CC(=O)Nc2ccc(N3CCOCC3)cc2)c2ccc(F)cc2)cc1. The number of nitrogens with zero attached hydrogens (tertiary/aromatic N) is 2. The smallest absolute Gasteiger partial charge is 0.264 e. The Labute approximate surface area is 210 Å². The van der Waals surface area contributed by atoms with Gasteiger partial charge in [0, 0.05) is 24.5 Å². The Morgan fingerprint density at radius 2 is 1.64 bits per heavy atom. The van der Waals surface area contributed by atoms with Crippen LogP contribution >= 0.6 is 0 Å². The first kappa shape index (κ1) is 25.5. The van der Waals surface area contributed by atoms with Crippen LogP contribution in [0.4, 0.5) is 21.5 Å². The predicted octanol–water partition coefficient (Wildman–Crippen LogP) is 3.90. The zero-order valence-corrected chi connectivity index (χ0v) is 20.7. The van der Waals surface area contributed by atoms with E-state index in [1.165, 1.54) is 24.3 Å². The number of hydrogen-bond acceptors (Lipinski definition) is 6. The van der Waals surface area contributed by atoms with Gasteiger partial charge in [0.2, 0.25) is 5.91 Å². The van der Waals surface area contributed by atoms with Crippen LogP contribution in [0, 0.1) is 5.82 Å². The summed E-state index contributed by atoms with van der Waals surface area (Å²) in [5.74, 6) is -0.516.